The van der Waals surface area contributed by atoms with Crippen LogP contribution in [-0.2, 0) is 0 Å². The number of amides is 1. The number of aryl methyl sites for hydroxylation is 2. The van der Waals surface area contributed by atoms with E-state index in [1.54, 1.807) is 0 Å². The van der Waals surface area contributed by atoms with Gasteiger partial charge in [0.05, 0.1) is 0 Å². The van der Waals surface area contributed by atoms with E-state index in [1.165, 1.54) is 0 Å². The quantitative estimate of drug-likeness (QED) is 0.825. The van der Waals surface area contributed by atoms with Crippen LogP contribution in [0.2, 0.25) is 0 Å². The number of rotatable bonds is 1. The molecule has 0 aromatic heterocycles. The number of benzene rings is 1. The summed E-state index contributed by atoms with van der Waals surface area (Å²) in [5.41, 5.74) is 9.04. The normalized spacial score (nSPS) is 24.1. The molecule has 0 bridgehead atoms. The van der Waals surface area contributed by atoms with Crippen LogP contribution >= 0.6 is 0 Å². The van der Waals surface area contributed by atoms with E-state index in [2.05, 4.69) is 6.92 Å². The first-order valence-corrected chi connectivity index (χ1v) is 6.61. The van der Waals surface area contributed by atoms with Gasteiger partial charge in [-0.25, -0.2) is 0 Å². The van der Waals surface area contributed by atoms with E-state index in [0.29, 0.717) is 12.5 Å². The number of nitrogens with two attached hydrogens (primary N) is 1. The van der Waals surface area contributed by atoms with Crippen molar-refractivity contribution < 1.29 is 4.79 Å². The van der Waals surface area contributed by atoms with Gasteiger partial charge in [-0.15, -0.1) is 0 Å². The Morgan fingerprint density at radius 2 is 2.11 bits per heavy atom. The summed E-state index contributed by atoms with van der Waals surface area (Å²) in [6.45, 7) is 7.65. The Morgan fingerprint density at radius 1 is 1.39 bits per heavy atom. The van der Waals surface area contributed by atoms with Gasteiger partial charge < -0.3 is 10.6 Å². The number of piperidine rings is 1. The van der Waals surface area contributed by atoms with Gasteiger partial charge in [0.2, 0.25) is 0 Å². The second-order valence-corrected chi connectivity index (χ2v) is 5.50. The first-order chi connectivity index (χ1) is 8.49. The molecule has 1 aromatic rings. The molecule has 18 heavy (non-hydrogen) atoms. The molecular weight excluding hydrogens is 224 g/mol. The molecule has 1 aliphatic rings. The molecule has 2 atom stereocenters. The van der Waals surface area contributed by atoms with Gasteiger partial charge >= 0.3 is 0 Å². The van der Waals surface area contributed by atoms with Gasteiger partial charge in [0.25, 0.3) is 5.91 Å². The van der Waals surface area contributed by atoms with Crippen LogP contribution in [0.5, 0.6) is 0 Å². The summed E-state index contributed by atoms with van der Waals surface area (Å²) in [6.07, 6.45) is 0.998. The van der Waals surface area contributed by atoms with Gasteiger partial charge in [0, 0.05) is 24.7 Å². The van der Waals surface area contributed by atoms with Crippen molar-refractivity contribution in [3.8, 4) is 0 Å². The third-order valence-electron chi connectivity index (χ3n) is 3.93. The summed E-state index contributed by atoms with van der Waals surface area (Å²) in [6, 6.07) is 6.12. The number of likely N-dealkylation sites (tertiary alicyclic amines) is 1. The predicted molar refractivity (Wildman–Crippen MR) is 73.6 cm³/mol. The lowest BCUT2D eigenvalue weighted by molar-refractivity contribution is 0.0671. The fourth-order valence-electron chi connectivity index (χ4n) is 2.42. The van der Waals surface area contributed by atoms with Gasteiger partial charge in [-0.2, -0.15) is 0 Å². The molecule has 2 N–H and O–H groups in total. The summed E-state index contributed by atoms with van der Waals surface area (Å²) in [5, 5.41) is 0. The maximum Gasteiger partial charge on any atom is 0.254 e. The predicted octanol–water partition coefficient (Wildman–Crippen LogP) is 2.11. The highest BCUT2D eigenvalue weighted by Gasteiger charge is 2.27. The van der Waals surface area contributed by atoms with Crippen molar-refractivity contribution in [3.63, 3.8) is 0 Å². The van der Waals surface area contributed by atoms with E-state index in [4.69, 9.17) is 5.73 Å². The molecule has 1 aromatic carbocycles. The van der Waals surface area contributed by atoms with E-state index in [0.717, 1.165) is 29.7 Å². The molecule has 1 fully saturated rings. The molecule has 2 rings (SSSR count). The van der Waals surface area contributed by atoms with E-state index in [9.17, 15) is 4.79 Å². The van der Waals surface area contributed by atoms with E-state index in [-0.39, 0.29) is 11.9 Å². The molecule has 1 amide bonds. The third kappa shape index (κ3) is 2.56. The Morgan fingerprint density at radius 3 is 2.78 bits per heavy atom. The first-order valence-electron chi connectivity index (χ1n) is 6.61. The van der Waals surface area contributed by atoms with Crippen molar-refractivity contribution in [3.05, 3.63) is 34.9 Å². The van der Waals surface area contributed by atoms with E-state index < -0.39 is 0 Å². The standard InChI is InChI=1S/C15H22N2O/c1-10-4-5-11(2)13(8-10)15(18)17-7-6-12(3)14(16)9-17/h4-5,8,12,14H,6-7,9,16H2,1-3H3. The minimum absolute atomic E-state index is 0.104. The monoisotopic (exact) mass is 246 g/mol. The maximum atomic E-state index is 12.5. The molecule has 0 radical (unpaired) electrons. The van der Waals surface area contributed by atoms with Crippen molar-refractivity contribution in [1.29, 1.82) is 0 Å². The van der Waals surface area contributed by atoms with Crippen LogP contribution in [-0.4, -0.2) is 29.9 Å². The first kappa shape index (κ1) is 13.1. The van der Waals surface area contributed by atoms with Crippen molar-refractivity contribution in [2.24, 2.45) is 11.7 Å². The van der Waals surface area contributed by atoms with Crippen LogP contribution in [0.25, 0.3) is 0 Å². The van der Waals surface area contributed by atoms with Crippen LogP contribution in [0, 0.1) is 19.8 Å². The second-order valence-electron chi connectivity index (χ2n) is 5.50. The number of carbonyl (C=O) groups is 1. The van der Waals surface area contributed by atoms with Crippen LogP contribution in [0.15, 0.2) is 18.2 Å². The van der Waals surface area contributed by atoms with Gasteiger partial charge in [-0.1, -0.05) is 24.6 Å². The number of hydrogen-bond donors (Lipinski definition) is 1. The zero-order chi connectivity index (χ0) is 13.3. The lowest BCUT2D eigenvalue weighted by Gasteiger charge is -2.35. The molecule has 1 saturated heterocycles. The van der Waals surface area contributed by atoms with Crippen LogP contribution in [0.1, 0.15) is 34.8 Å². The summed E-state index contributed by atoms with van der Waals surface area (Å²) in [7, 11) is 0. The summed E-state index contributed by atoms with van der Waals surface area (Å²) < 4.78 is 0. The number of nitrogens with zero attached hydrogens (tertiary/aromatic N) is 1. The fraction of sp³-hybridized carbons (Fsp3) is 0.533. The molecular formula is C15H22N2O. The summed E-state index contributed by atoms with van der Waals surface area (Å²) in [5.74, 6) is 0.631. The number of hydrogen-bond acceptors (Lipinski definition) is 2. The Bertz CT molecular complexity index is 456. The minimum Gasteiger partial charge on any atom is -0.337 e. The van der Waals surface area contributed by atoms with Gasteiger partial charge in [0.15, 0.2) is 0 Å². The molecule has 0 aliphatic carbocycles. The third-order valence-corrected chi connectivity index (χ3v) is 3.93. The topological polar surface area (TPSA) is 46.3 Å². The lowest BCUT2D eigenvalue weighted by Crippen LogP contribution is -2.49. The molecule has 98 valence electrons. The summed E-state index contributed by atoms with van der Waals surface area (Å²) in [4.78, 5) is 14.4. The summed E-state index contributed by atoms with van der Waals surface area (Å²) >= 11 is 0. The number of carbonyl (C=O) groups excluding carboxylic acids is 1. The fourth-order valence-corrected chi connectivity index (χ4v) is 2.42. The van der Waals surface area contributed by atoms with Crippen molar-refractivity contribution in [2.45, 2.75) is 33.2 Å². The Balaban J connectivity index is 2.19. The minimum atomic E-state index is 0.104. The molecule has 1 aliphatic heterocycles. The maximum absolute atomic E-state index is 12.5. The van der Waals surface area contributed by atoms with Crippen molar-refractivity contribution >= 4 is 5.91 Å². The highest BCUT2D eigenvalue weighted by atomic mass is 16.2. The molecule has 2 unspecified atom stereocenters. The highest BCUT2D eigenvalue weighted by molar-refractivity contribution is 5.96. The van der Waals surface area contributed by atoms with Gasteiger partial charge in [-0.3, -0.25) is 4.79 Å². The van der Waals surface area contributed by atoms with Crippen LogP contribution < -0.4 is 5.73 Å². The van der Waals surface area contributed by atoms with E-state index >= 15 is 0 Å². The Hall–Kier alpha value is -1.35. The van der Waals surface area contributed by atoms with Crippen LogP contribution in [0.4, 0.5) is 0 Å². The molecule has 3 heteroatoms. The average molecular weight is 246 g/mol. The molecule has 0 spiro atoms. The largest absolute Gasteiger partial charge is 0.337 e. The Kier molecular flexibility index (Phi) is 3.71. The molecule has 3 nitrogen and oxygen atoms in total. The lowest BCUT2D eigenvalue weighted by atomic mass is 9.93. The van der Waals surface area contributed by atoms with Crippen molar-refractivity contribution in [2.75, 3.05) is 13.1 Å². The smallest absolute Gasteiger partial charge is 0.254 e. The van der Waals surface area contributed by atoms with Gasteiger partial charge in [0.1, 0.15) is 0 Å². The van der Waals surface area contributed by atoms with Crippen molar-refractivity contribution in [1.82, 2.24) is 4.90 Å². The SMILES string of the molecule is Cc1ccc(C)c(C(=O)N2CCC(C)C(N)C2)c1. The Labute approximate surface area is 109 Å². The average Bonchev–Trinajstić information content (AvgIpc) is 2.35. The molecule has 1 heterocycles. The molecule has 0 saturated carbocycles. The second kappa shape index (κ2) is 5.11. The van der Waals surface area contributed by atoms with Gasteiger partial charge in [-0.05, 0) is 37.8 Å². The zero-order valence-corrected chi connectivity index (χ0v) is 11.4. The zero-order valence-electron chi connectivity index (χ0n) is 11.4. The highest BCUT2D eigenvalue weighted by Crippen LogP contribution is 2.19. The van der Waals surface area contributed by atoms with Crippen LogP contribution in [0.3, 0.4) is 0 Å². The van der Waals surface area contributed by atoms with E-state index in [1.807, 2.05) is 36.9 Å².